The third kappa shape index (κ3) is 4.84. The first-order valence-corrected chi connectivity index (χ1v) is 12.9. The number of para-hydroxylation sites is 1. The number of nitrogens with zero attached hydrogens (tertiary/aromatic N) is 4. The molecule has 0 radical (unpaired) electrons. The Morgan fingerprint density at radius 3 is 2.24 bits per heavy atom. The molecule has 0 N–H and O–H groups in total. The van der Waals surface area contributed by atoms with Crippen LogP contribution in [0.15, 0.2) is 66.7 Å². The summed E-state index contributed by atoms with van der Waals surface area (Å²) in [6, 6.07) is 22.1. The van der Waals surface area contributed by atoms with Crippen molar-refractivity contribution in [2.45, 2.75) is 20.8 Å². The first-order chi connectivity index (χ1) is 18.4. The van der Waals surface area contributed by atoms with Gasteiger partial charge in [-0.1, -0.05) is 35.9 Å². The molecule has 5 rings (SSSR count). The number of aryl methyl sites for hydroxylation is 3. The van der Waals surface area contributed by atoms with Gasteiger partial charge in [0.15, 0.2) is 0 Å². The minimum absolute atomic E-state index is 0.0272. The van der Waals surface area contributed by atoms with Crippen LogP contribution in [0.2, 0.25) is 0 Å². The molecule has 7 nitrogen and oxygen atoms in total. The van der Waals surface area contributed by atoms with Crippen LogP contribution >= 0.6 is 0 Å². The van der Waals surface area contributed by atoms with Crippen LogP contribution < -0.4 is 14.4 Å². The Morgan fingerprint density at radius 2 is 1.55 bits per heavy atom. The summed E-state index contributed by atoms with van der Waals surface area (Å²) in [6.45, 7) is 9.10. The summed E-state index contributed by atoms with van der Waals surface area (Å²) in [7, 11) is 3.25. The molecular formula is C31H34N4O3. The van der Waals surface area contributed by atoms with E-state index in [1.165, 1.54) is 11.3 Å². The number of piperazine rings is 1. The van der Waals surface area contributed by atoms with Gasteiger partial charge < -0.3 is 19.3 Å². The van der Waals surface area contributed by atoms with Crippen LogP contribution in [0.3, 0.4) is 0 Å². The minimum Gasteiger partial charge on any atom is -0.497 e. The average molecular weight is 511 g/mol. The summed E-state index contributed by atoms with van der Waals surface area (Å²) in [6.07, 6.45) is 0. The third-order valence-electron chi connectivity index (χ3n) is 7.22. The molecule has 0 atom stereocenters. The molecule has 1 aromatic heterocycles. The minimum atomic E-state index is -0.0272. The molecule has 2 heterocycles. The van der Waals surface area contributed by atoms with Gasteiger partial charge in [0.05, 0.1) is 25.6 Å². The summed E-state index contributed by atoms with van der Waals surface area (Å²) < 4.78 is 12.8. The maximum atomic E-state index is 14.0. The Labute approximate surface area is 224 Å². The maximum absolute atomic E-state index is 14.0. The Hall–Kier alpha value is -4.26. The fourth-order valence-corrected chi connectivity index (χ4v) is 5.13. The molecule has 1 aliphatic heterocycles. The van der Waals surface area contributed by atoms with Gasteiger partial charge in [0.2, 0.25) is 0 Å². The Kier molecular flexibility index (Phi) is 7.09. The van der Waals surface area contributed by atoms with Gasteiger partial charge in [0, 0.05) is 43.5 Å². The number of carbonyl (C=O) groups excluding carboxylic acids is 1. The van der Waals surface area contributed by atoms with Crippen molar-refractivity contribution in [3.05, 3.63) is 89.1 Å². The van der Waals surface area contributed by atoms with Gasteiger partial charge in [-0.3, -0.25) is 4.79 Å². The van der Waals surface area contributed by atoms with Gasteiger partial charge in [-0.2, -0.15) is 5.10 Å². The van der Waals surface area contributed by atoms with E-state index < -0.39 is 0 Å². The standard InChI is InChI=1S/C31H34N4O3/c1-21-10-13-28(23(3)18-21)35-29(20-26(32-35)25-12-11-24(37-4)19-30(25)38-5)31(36)34-16-14-33(15-17-34)27-9-7-6-8-22(27)2/h6-13,18-20H,14-17H2,1-5H3. The number of carbonyl (C=O) groups is 1. The van der Waals surface area contributed by atoms with Crippen LogP contribution in [-0.4, -0.2) is 61.0 Å². The Morgan fingerprint density at radius 1 is 0.789 bits per heavy atom. The zero-order chi connectivity index (χ0) is 26.8. The molecule has 0 spiro atoms. The number of aromatic nitrogens is 2. The molecule has 1 fully saturated rings. The number of rotatable bonds is 6. The summed E-state index contributed by atoms with van der Waals surface area (Å²) in [5, 5.41) is 4.93. The van der Waals surface area contributed by atoms with E-state index in [0.717, 1.165) is 35.5 Å². The smallest absolute Gasteiger partial charge is 0.272 e. The highest BCUT2D eigenvalue weighted by Gasteiger charge is 2.28. The highest BCUT2D eigenvalue weighted by Crippen LogP contribution is 2.34. The first-order valence-electron chi connectivity index (χ1n) is 12.9. The lowest BCUT2D eigenvalue weighted by molar-refractivity contribution is 0.0737. The van der Waals surface area contributed by atoms with E-state index in [2.05, 4.69) is 49.1 Å². The van der Waals surface area contributed by atoms with E-state index >= 15 is 0 Å². The van der Waals surface area contributed by atoms with Gasteiger partial charge in [-0.25, -0.2) is 4.68 Å². The molecule has 3 aromatic carbocycles. The van der Waals surface area contributed by atoms with Gasteiger partial charge in [-0.05, 0) is 62.2 Å². The number of hydrogen-bond acceptors (Lipinski definition) is 5. The van der Waals surface area contributed by atoms with E-state index in [4.69, 9.17) is 14.6 Å². The number of ether oxygens (including phenoxy) is 2. The average Bonchev–Trinajstić information content (AvgIpc) is 3.37. The molecule has 1 saturated heterocycles. The summed E-state index contributed by atoms with van der Waals surface area (Å²) >= 11 is 0. The number of hydrogen-bond donors (Lipinski definition) is 0. The molecular weight excluding hydrogens is 476 g/mol. The molecule has 1 aliphatic rings. The highest BCUT2D eigenvalue weighted by atomic mass is 16.5. The summed E-state index contributed by atoms with van der Waals surface area (Å²) in [5.41, 5.74) is 7.59. The second-order valence-electron chi connectivity index (χ2n) is 9.75. The molecule has 38 heavy (non-hydrogen) atoms. The molecule has 1 amide bonds. The van der Waals surface area contributed by atoms with Crippen molar-refractivity contribution in [2.24, 2.45) is 0 Å². The van der Waals surface area contributed by atoms with Crippen LogP contribution in [0, 0.1) is 20.8 Å². The lowest BCUT2D eigenvalue weighted by Gasteiger charge is -2.36. The van der Waals surface area contributed by atoms with Crippen molar-refractivity contribution in [2.75, 3.05) is 45.3 Å². The Balaban J connectivity index is 1.50. The van der Waals surface area contributed by atoms with E-state index in [1.807, 2.05) is 48.2 Å². The fourth-order valence-electron chi connectivity index (χ4n) is 5.13. The molecule has 0 saturated carbocycles. The zero-order valence-electron chi connectivity index (χ0n) is 22.7. The normalized spacial score (nSPS) is 13.5. The van der Waals surface area contributed by atoms with E-state index in [-0.39, 0.29) is 5.91 Å². The number of amides is 1. The highest BCUT2D eigenvalue weighted by molar-refractivity contribution is 5.95. The topological polar surface area (TPSA) is 59.8 Å². The predicted octanol–water partition coefficient (Wildman–Crippen LogP) is 5.44. The van der Waals surface area contributed by atoms with Crippen LogP contribution in [0.1, 0.15) is 27.2 Å². The monoisotopic (exact) mass is 510 g/mol. The van der Waals surface area contributed by atoms with Crippen molar-refractivity contribution in [1.29, 1.82) is 0 Å². The third-order valence-corrected chi connectivity index (χ3v) is 7.22. The van der Waals surface area contributed by atoms with Gasteiger partial charge in [-0.15, -0.1) is 0 Å². The fraction of sp³-hybridized carbons (Fsp3) is 0.290. The molecule has 196 valence electrons. The summed E-state index contributed by atoms with van der Waals surface area (Å²) in [4.78, 5) is 18.3. The van der Waals surface area contributed by atoms with Crippen molar-refractivity contribution in [3.8, 4) is 28.4 Å². The largest absolute Gasteiger partial charge is 0.497 e. The second kappa shape index (κ2) is 10.6. The molecule has 0 unspecified atom stereocenters. The lowest BCUT2D eigenvalue weighted by Crippen LogP contribution is -2.49. The Bertz CT molecular complexity index is 1470. The van der Waals surface area contributed by atoms with Gasteiger partial charge in [0.1, 0.15) is 17.2 Å². The quantitative estimate of drug-likeness (QED) is 0.346. The molecule has 0 bridgehead atoms. The van der Waals surface area contributed by atoms with Gasteiger partial charge >= 0.3 is 0 Å². The number of benzene rings is 3. The lowest BCUT2D eigenvalue weighted by atomic mass is 10.1. The number of methoxy groups -OCH3 is 2. The van der Waals surface area contributed by atoms with Crippen LogP contribution in [0.25, 0.3) is 16.9 Å². The van der Waals surface area contributed by atoms with Gasteiger partial charge in [0.25, 0.3) is 5.91 Å². The maximum Gasteiger partial charge on any atom is 0.272 e. The van der Waals surface area contributed by atoms with E-state index in [1.54, 1.807) is 18.9 Å². The van der Waals surface area contributed by atoms with Crippen molar-refractivity contribution in [3.63, 3.8) is 0 Å². The van der Waals surface area contributed by atoms with Crippen LogP contribution in [0.4, 0.5) is 5.69 Å². The number of anilines is 1. The van der Waals surface area contributed by atoms with Crippen LogP contribution in [-0.2, 0) is 0 Å². The molecule has 7 heteroatoms. The van der Waals surface area contributed by atoms with Crippen molar-refractivity contribution in [1.82, 2.24) is 14.7 Å². The summed E-state index contributed by atoms with van der Waals surface area (Å²) in [5.74, 6) is 1.31. The first kappa shape index (κ1) is 25.4. The second-order valence-corrected chi connectivity index (χ2v) is 9.75. The SMILES string of the molecule is COc1ccc(-c2cc(C(=O)N3CCN(c4ccccc4C)CC3)n(-c3ccc(C)cc3C)n2)c(OC)c1. The molecule has 4 aromatic rings. The van der Waals surface area contributed by atoms with Crippen molar-refractivity contribution < 1.29 is 14.3 Å². The van der Waals surface area contributed by atoms with Crippen LogP contribution in [0.5, 0.6) is 11.5 Å². The molecule has 0 aliphatic carbocycles. The van der Waals surface area contributed by atoms with Crippen molar-refractivity contribution >= 4 is 11.6 Å². The zero-order valence-corrected chi connectivity index (χ0v) is 22.7. The predicted molar refractivity (Wildman–Crippen MR) is 151 cm³/mol. The van der Waals surface area contributed by atoms with E-state index in [9.17, 15) is 4.79 Å². The van der Waals surface area contributed by atoms with E-state index in [0.29, 0.717) is 36.0 Å².